The van der Waals surface area contributed by atoms with Gasteiger partial charge in [-0.2, -0.15) is 0 Å². The molecule has 0 unspecified atom stereocenters. The maximum Gasteiger partial charge on any atom is 0.416 e. The number of methoxy groups -OCH3 is 1. The zero-order valence-electron chi connectivity index (χ0n) is 17.7. The van der Waals surface area contributed by atoms with Crippen molar-refractivity contribution in [3.05, 3.63) is 47.3 Å². The van der Waals surface area contributed by atoms with Crippen molar-refractivity contribution in [1.82, 2.24) is 9.97 Å². The molecule has 0 atom stereocenters. The van der Waals surface area contributed by atoms with Gasteiger partial charge in [0.15, 0.2) is 0 Å². The van der Waals surface area contributed by atoms with E-state index in [-0.39, 0.29) is 6.54 Å². The zero-order valence-corrected chi connectivity index (χ0v) is 17.7. The highest BCUT2D eigenvalue weighted by Gasteiger charge is 2.25. The lowest BCUT2D eigenvalue weighted by Gasteiger charge is -2.27. The van der Waals surface area contributed by atoms with Crippen LogP contribution < -0.4 is 9.64 Å². The van der Waals surface area contributed by atoms with E-state index >= 15 is 0 Å². The molecule has 6 nitrogen and oxygen atoms in total. The summed E-state index contributed by atoms with van der Waals surface area (Å²) in [7, 11) is 1.55. The second kappa shape index (κ2) is 9.90. The van der Waals surface area contributed by atoms with Crippen molar-refractivity contribution in [2.45, 2.75) is 60.6 Å². The molecule has 0 radical (unpaired) electrons. The van der Waals surface area contributed by atoms with Crippen molar-refractivity contribution in [1.29, 1.82) is 0 Å². The summed E-state index contributed by atoms with van der Waals surface area (Å²) < 4.78 is 10.9. The molecule has 27 heavy (non-hydrogen) atoms. The minimum atomic E-state index is -0.603. The van der Waals surface area contributed by atoms with Crippen LogP contribution in [0.5, 0.6) is 5.88 Å². The fraction of sp³-hybridized carbons (Fsp3) is 0.476. The van der Waals surface area contributed by atoms with Gasteiger partial charge in [0, 0.05) is 17.5 Å². The first-order valence-electron chi connectivity index (χ1n) is 9.14. The molecule has 0 saturated carbocycles. The fourth-order valence-electron chi connectivity index (χ4n) is 2.22. The summed E-state index contributed by atoms with van der Waals surface area (Å²) in [5, 5.41) is 0. The molecule has 2 aromatic heterocycles. The average molecular weight is 373 g/mol. The minimum Gasteiger partial charge on any atom is -0.481 e. The number of carbonyl (C=O) groups is 1. The monoisotopic (exact) mass is 373 g/mol. The average Bonchev–Trinajstić information content (AvgIpc) is 2.62. The van der Waals surface area contributed by atoms with Gasteiger partial charge >= 0.3 is 6.09 Å². The molecule has 0 fully saturated rings. The van der Waals surface area contributed by atoms with Crippen molar-refractivity contribution in [3.63, 3.8) is 0 Å². The smallest absolute Gasteiger partial charge is 0.416 e. The van der Waals surface area contributed by atoms with Gasteiger partial charge in [-0.1, -0.05) is 26.0 Å². The number of nitrogens with zero attached hydrogens (tertiary/aromatic N) is 3. The predicted octanol–water partition coefficient (Wildman–Crippen LogP) is 5.07. The van der Waals surface area contributed by atoms with Crippen LogP contribution in [0.3, 0.4) is 0 Å². The molecule has 0 spiro atoms. The van der Waals surface area contributed by atoms with Crippen LogP contribution in [0.25, 0.3) is 0 Å². The second-order valence-corrected chi connectivity index (χ2v) is 6.81. The molecule has 2 rings (SSSR count). The summed E-state index contributed by atoms with van der Waals surface area (Å²) >= 11 is 0. The van der Waals surface area contributed by atoms with Crippen molar-refractivity contribution >= 4 is 11.9 Å². The van der Waals surface area contributed by atoms with E-state index in [1.165, 1.54) is 4.90 Å². The number of aryl methyl sites for hydroxylation is 2. The SMILES string of the molecule is CC.COc1ncccc1CN(C(=O)OC(C)(C)C)c1ccc(C)c(C)n1. The highest BCUT2D eigenvalue weighted by atomic mass is 16.6. The Kier molecular flexibility index (Phi) is 8.22. The largest absolute Gasteiger partial charge is 0.481 e. The van der Waals surface area contributed by atoms with Gasteiger partial charge in [-0.3, -0.25) is 4.90 Å². The Morgan fingerprint density at radius 2 is 1.81 bits per heavy atom. The van der Waals surface area contributed by atoms with E-state index < -0.39 is 11.7 Å². The van der Waals surface area contributed by atoms with Gasteiger partial charge in [0.25, 0.3) is 0 Å². The van der Waals surface area contributed by atoms with Crippen molar-refractivity contribution in [3.8, 4) is 5.88 Å². The van der Waals surface area contributed by atoms with Gasteiger partial charge in [0.2, 0.25) is 5.88 Å². The number of pyridine rings is 2. The number of hydrogen-bond donors (Lipinski definition) is 0. The van der Waals surface area contributed by atoms with Crippen LogP contribution in [0.15, 0.2) is 30.5 Å². The maximum absolute atomic E-state index is 12.8. The van der Waals surface area contributed by atoms with Crippen molar-refractivity contribution in [2.75, 3.05) is 12.0 Å². The topological polar surface area (TPSA) is 64.5 Å². The Morgan fingerprint density at radius 3 is 2.37 bits per heavy atom. The van der Waals surface area contributed by atoms with E-state index in [0.29, 0.717) is 11.7 Å². The summed E-state index contributed by atoms with van der Waals surface area (Å²) in [6.45, 7) is 13.6. The fourth-order valence-corrected chi connectivity index (χ4v) is 2.22. The highest BCUT2D eigenvalue weighted by molar-refractivity contribution is 5.86. The summed E-state index contributed by atoms with van der Waals surface area (Å²) in [6.07, 6.45) is 1.18. The lowest BCUT2D eigenvalue weighted by molar-refractivity contribution is 0.0576. The van der Waals surface area contributed by atoms with Crippen LogP contribution in [0.1, 0.15) is 51.4 Å². The molecule has 0 aliphatic heterocycles. The maximum atomic E-state index is 12.8. The standard InChI is InChI=1S/C19H25N3O3.C2H6/c1-13-9-10-16(21-14(13)2)22(18(23)25-19(3,4)5)12-15-8-7-11-20-17(15)24-6;1-2/h7-11H,12H2,1-6H3;1-2H3. The molecule has 0 aromatic carbocycles. The molecule has 2 aromatic rings. The van der Waals surface area contributed by atoms with Crippen LogP contribution in [0.2, 0.25) is 0 Å². The first-order valence-corrected chi connectivity index (χ1v) is 9.14. The molecule has 0 N–H and O–H groups in total. The zero-order chi connectivity index (χ0) is 20.6. The van der Waals surface area contributed by atoms with E-state index in [4.69, 9.17) is 9.47 Å². The second-order valence-electron chi connectivity index (χ2n) is 6.81. The predicted molar refractivity (Wildman–Crippen MR) is 108 cm³/mol. The molecular weight excluding hydrogens is 342 g/mol. The Morgan fingerprint density at radius 1 is 1.15 bits per heavy atom. The molecule has 2 heterocycles. The lowest BCUT2D eigenvalue weighted by Crippen LogP contribution is -2.37. The van der Waals surface area contributed by atoms with Gasteiger partial charge < -0.3 is 9.47 Å². The van der Waals surface area contributed by atoms with E-state index in [1.807, 2.05) is 66.7 Å². The molecular formula is C21H31N3O3. The number of ether oxygens (including phenoxy) is 2. The first-order chi connectivity index (χ1) is 12.7. The van der Waals surface area contributed by atoms with Gasteiger partial charge in [-0.15, -0.1) is 0 Å². The van der Waals surface area contributed by atoms with Gasteiger partial charge in [0.1, 0.15) is 11.4 Å². The third kappa shape index (κ3) is 6.55. The number of amides is 1. The van der Waals surface area contributed by atoms with Crippen LogP contribution in [-0.4, -0.2) is 28.8 Å². The molecule has 0 bridgehead atoms. The van der Waals surface area contributed by atoms with Gasteiger partial charge in [-0.05, 0) is 52.3 Å². The Labute approximate surface area is 162 Å². The third-order valence-corrected chi connectivity index (χ3v) is 3.60. The Hall–Kier alpha value is -2.63. The van der Waals surface area contributed by atoms with E-state index in [0.717, 1.165) is 16.8 Å². The lowest BCUT2D eigenvalue weighted by atomic mass is 10.2. The first kappa shape index (κ1) is 22.4. The van der Waals surface area contributed by atoms with Crippen LogP contribution in [0, 0.1) is 13.8 Å². The quantitative estimate of drug-likeness (QED) is 0.748. The summed E-state index contributed by atoms with van der Waals surface area (Å²) in [4.78, 5) is 23.0. The van der Waals surface area contributed by atoms with Crippen molar-refractivity contribution in [2.24, 2.45) is 0 Å². The van der Waals surface area contributed by atoms with E-state index in [2.05, 4.69) is 9.97 Å². The Balaban J connectivity index is 0.00000176. The number of rotatable bonds is 4. The van der Waals surface area contributed by atoms with Crippen molar-refractivity contribution < 1.29 is 14.3 Å². The Bertz CT molecular complexity index is 755. The third-order valence-electron chi connectivity index (χ3n) is 3.60. The summed E-state index contributed by atoms with van der Waals surface area (Å²) in [6, 6.07) is 7.42. The van der Waals surface area contributed by atoms with Gasteiger partial charge in [-0.25, -0.2) is 14.8 Å². The van der Waals surface area contributed by atoms with E-state index in [1.54, 1.807) is 19.4 Å². The van der Waals surface area contributed by atoms with E-state index in [9.17, 15) is 4.79 Å². The number of hydrogen-bond acceptors (Lipinski definition) is 5. The number of aromatic nitrogens is 2. The number of carbonyl (C=O) groups excluding carboxylic acids is 1. The molecule has 148 valence electrons. The summed E-state index contributed by atoms with van der Waals surface area (Å²) in [5.74, 6) is 1.00. The molecule has 6 heteroatoms. The molecule has 1 amide bonds. The minimum absolute atomic E-state index is 0.251. The normalized spacial score (nSPS) is 10.5. The number of anilines is 1. The molecule has 0 aliphatic carbocycles. The van der Waals surface area contributed by atoms with Crippen LogP contribution in [0.4, 0.5) is 10.6 Å². The van der Waals surface area contributed by atoms with Crippen LogP contribution in [-0.2, 0) is 11.3 Å². The molecule has 0 aliphatic rings. The van der Waals surface area contributed by atoms with Gasteiger partial charge in [0.05, 0.1) is 13.7 Å². The molecule has 0 saturated heterocycles. The highest BCUT2D eigenvalue weighted by Crippen LogP contribution is 2.23. The summed E-state index contributed by atoms with van der Waals surface area (Å²) in [5.41, 5.74) is 2.10. The van der Waals surface area contributed by atoms with Crippen LogP contribution >= 0.6 is 0 Å².